The first-order valence-corrected chi connectivity index (χ1v) is 4.01. The molecule has 1 aliphatic rings. The zero-order chi connectivity index (χ0) is 8.48. The lowest BCUT2D eigenvalue weighted by atomic mass is 9.65. The number of hydrogen-bond acceptors (Lipinski definition) is 1. The largest absolute Gasteiger partial charge is 0.481 e. The number of carboxylic acid groups (broad SMARTS) is 1. The van der Waals surface area contributed by atoms with Crippen molar-refractivity contribution in [2.45, 2.75) is 38.8 Å². The highest BCUT2D eigenvalue weighted by Crippen LogP contribution is 2.46. The Morgan fingerprint density at radius 3 is 2.36 bits per heavy atom. The molecule has 1 N–H and O–H groups in total. The first-order chi connectivity index (χ1) is 5.13. The van der Waals surface area contributed by atoms with Gasteiger partial charge in [-0.25, -0.2) is 4.39 Å². The Hall–Kier alpha value is -0.600. The molecule has 2 nitrogen and oxygen atoms in total. The van der Waals surface area contributed by atoms with Gasteiger partial charge in [0.25, 0.3) is 0 Å². The number of carbonyl (C=O) groups is 1. The number of alkyl halides is 1. The highest BCUT2D eigenvalue weighted by atomic mass is 19.1. The average molecular weight is 160 g/mol. The van der Waals surface area contributed by atoms with Gasteiger partial charge in [-0.05, 0) is 19.3 Å². The van der Waals surface area contributed by atoms with Gasteiger partial charge >= 0.3 is 5.97 Å². The van der Waals surface area contributed by atoms with Crippen LogP contribution in [0.5, 0.6) is 0 Å². The van der Waals surface area contributed by atoms with Gasteiger partial charge in [0.2, 0.25) is 0 Å². The normalized spacial score (nSPS) is 23.8. The Kier molecular flexibility index (Phi) is 2.16. The zero-order valence-corrected chi connectivity index (χ0v) is 6.64. The molecule has 1 saturated carbocycles. The van der Waals surface area contributed by atoms with Gasteiger partial charge in [-0.3, -0.25) is 4.79 Å². The molecule has 1 fully saturated rings. The minimum Gasteiger partial charge on any atom is -0.481 e. The molecule has 0 amide bonds. The maximum Gasteiger partial charge on any atom is 0.312 e. The lowest BCUT2D eigenvalue weighted by Crippen LogP contribution is -2.45. The van der Waals surface area contributed by atoms with E-state index in [4.69, 9.17) is 5.11 Å². The number of rotatable bonds is 3. The predicted molar refractivity (Wildman–Crippen MR) is 39.1 cm³/mol. The Bertz CT molecular complexity index is 163. The summed E-state index contributed by atoms with van der Waals surface area (Å²) >= 11 is 0. The molecule has 1 rings (SSSR count). The fourth-order valence-electron chi connectivity index (χ4n) is 1.61. The molecule has 0 aromatic carbocycles. The van der Waals surface area contributed by atoms with Crippen molar-refractivity contribution in [3.05, 3.63) is 0 Å². The molecule has 1 atom stereocenters. The third kappa shape index (κ3) is 1.12. The van der Waals surface area contributed by atoms with Gasteiger partial charge in [-0.15, -0.1) is 0 Å². The Morgan fingerprint density at radius 2 is 2.27 bits per heavy atom. The molecule has 0 aliphatic heterocycles. The Morgan fingerprint density at radius 1 is 1.73 bits per heavy atom. The van der Waals surface area contributed by atoms with Crippen LogP contribution < -0.4 is 0 Å². The summed E-state index contributed by atoms with van der Waals surface area (Å²) in [4.78, 5) is 10.7. The van der Waals surface area contributed by atoms with Gasteiger partial charge in [-0.2, -0.15) is 0 Å². The smallest absolute Gasteiger partial charge is 0.312 e. The summed E-state index contributed by atoms with van der Waals surface area (Å²) in [6, 6.07) is 0. The number of hydrogen-bond donors (Lipinski definition) is 1. The van der Waals surface area contributed by atoms with Crippen LogP contribution in [0.4, 0.5) is 4.39 Å². The second kappa shape index (κ2) is 2.80. The summed E-state index contributed by atoms with van der Waals surface area (Å²) in [6.07, 6.45) is 1.03. The van der Waals surface area contributed by atoms with Crippen molar-refractivity contribution in [2.75, 3.05) is 0 Å². The van der Waals surface area contributed by atoms with Crippen molar-refractivity contribution < 1.29 is 14.3 Å². The van der Waals surface area contributed by atoms with Crippen LogP contribution in [0.15, 0.2) is 0 Å². The number of carboxylic acids is 1. The van der Waals surface area contributed by atoms with Crippen LogP contribution in [0, 0.1) is 5.41 Å². The molecule has 1 unspecified atom stereocenters. The van der Waals surface area contributed by atoms with Gasteiger partial charge < -0.3 is 5.11 Å². The van der Waals surface area contributed by atoms with Crippen LogP contribution in [-0.2, 0) is 4.79 Å². The minimum atomic E-state index is -1.16. The van der Waals surface area contributed by atoms with Gasteiger partial charge in [0.15, 0.2) is 0 Å². The second-order valence-corrected chi connectivity index (χ2v) is 3.19. The molecule has 1 aliphatic carbocycles. The van der Waals surface area contributed by atoms with Crippen molar-refractivity contribution in [1.82, 2.24) is 0 Å². The first-order valence-electron chi connectivity index (χ1n) is 4.01. The summed E-state index contributed by atoms with van der Waals surface area (Å²) in [5, 5.41) is 8.75. The van der Waals surface area contributed by atoms with Crippen molar-refractivity contribution in [1.29, 1.82) is 0 Å². The van der Waals surface area contributed by atoms with E-state index >= 15 is 0 Å². The Balaban J connectivity index is 2.67. The molecule has 0 heterocycles. The lowest BCUT2D eigenvalue weighted by molar-refractivity contribution is -0.161. The monoisotopic (exact) mass is 160 g/mol. The SMILES string of the molecule is CCC(F)C1(C(=O)O)CCC1. The van der Waals surface area contributed by atoms with Crippen LogP contribution in [-0.4, -0.2) is 17.2 Å². The van der Waals surface area contributed by atoms with Crippen LogP contribution in [0.1, 0.15) is 32.6 Å². The minimum absolute atomic E-state index is 0.312. The zero-order valence-electron chi connectivity index (χ0n) is 6.64. The molecular weight excluding hydrogens is 147 g/mol. The van der Waals surface area contributed by atoms with Crippen LogP contribution in [0.2, 0.25) is 0 Å². The molecular formula is C8H13FO2. The number of aliphatic carboxylic acids is 1. The third-order valence-electron chi connectivity index (χ3n) is 2.63. The van der Waals surface area contributed by atoms with Gasteiger partial charge in [0, 0.05) is 0 Å². The quantitative estimate of drug-likeness (QED) is 0.685. The van der Waals surface area contributed by atoms with E-state index in [1.165, 1.54) is 0 Å². The topological polar surface area (TPSA) is 37.3 Å². The van der Waals surface area contributed by atoms with E-state index in [-0.39, 0.29) is 0 Å². The molecule has 0 aromatic rings. The summed E-state index contributed by atoms with van der Waals surface area (Å²) in [5.41, 5.74) is -1.02. The predicted octanol–water partition coefficient (Wildman–Crippen LogP) is 1.99. The summed E-state index contributed by atoms with van der Waals surface area (Å²) in [7, 11) is 0. The molecule has 0 saturated heterocycles. The van der Waals surface area contributed by atoms with E-state index in [2.05, 4.69) is 0 Å². The molecule has 0 radical (unpaired) electrons. The maximum absolute atomic E-state index is 13.1. The van der Waals surface area contributed by atoms with E-state index in [9.17, 15) is 9.18 Å². The van der Waals surface area contributed by atoms with E-state index in [1.54, 1.807) is 6.92 Å². The number of halogens is 1. The average Bonchev–Trinajstić information content (AvgIpc) is 1.84. The molecule has 11 heavy (non-hydrogen) atoms. The van der Waals surface area contributed by atoms with E-state index in [0.29, 0.717) is 19.3 Å². The lowest BCUT2D eigenvalue weighted by Gasteiger charge is -2.39. The van der Waals surface area contributed by atoms with Crippen molar-refractivity contribution in [3.63, 3.8) is 0 Å². The van der Waals surface area contributed by atoms with Crippen molar-refractivity contribution in [2.24, 2.45) is 5.41 Å². The van der Waals surface area contributed by atoms with E-state index in [0.717, 1.165) is 6.42 Å². The second-order valence-electron chi connectivity index (χ2n) is 3.19. The van der Waals surface area contributed by atoms with Gasteiger partial charge in [0.05, 0.1) is 5.41 Å². The van der Waals surface area contributed by atoms with Crippen molar-refractivity contribution >= 4 is 5.97 Å². The van der Waals surface area contributed by atoms with Crippen LogP contribution in [0.25, 0.3) is 0 Å². The fraction of sp³-hybridized carbons (Fsp3) is 0.875. The third-order valence-corrected chi connectivity index (χ3v) is 2.63. The van der Waals surface area contributed by atoms with Gasteiger partial charge in [-0.1, -0.05) is 13.3 Å². The van der Waals surface area contributed by atoms with Crippen molar-refractivity contribution in [3.8, 4) is 0 Å². The molecule has 64 valence electrons. The summed E-state index contributed by atoms with van der Waals surface area (Å²) in [6.45, 7) is 1.69. The molecule has 0 spiro atoms. The summed E-state index contributed by atoms with van der Waals surface area (Å²) in [5.74, 6) is -0.960. The standard InChI is InChI=1S/C8H13FO2/c1-2-6(9)8(7(10)11)4-3-5-8/h6H,2-5H2,1H3,(H,10,11). The van der Waals surface area contributed by atoms with Crippen LogP contribution in [0.3, 0.4) is 0 Å². The fourth-order valence-corrected chi connectivity index (χ4v) is 1.61. The molecule has 0 bridgehead atoms. The molecule has 0 aromatic heterocycles. The highest BCUT2D eigenvalue weighted by molar-refractivity contribution is 5.76. The highest BCUT2D eigenvalue weighted by Gasteiger charge is 2.50. The van der Waals surface area contributed by atoms with E-state index < -0.39 is 17.6 Å². The molecule has 3 heteroatoms. The van der Waals surface area contributed by atoms with Gasteiger partial charge in [0.1, 0.15) is 6.17 Å². The summed E-state index contributed by atoms with van der Waals surface area (Å²) < 4.78 is 13.1. The maximum atomic E-state index is 13.1. The first kappa shape index (κ1) is 8.50. The Labute approximate surface area is 65.4 Å². The van der Waals surface area contributed by atoms with Crippen LogP contribution >= 0.6 is 0 Å². The van der Waals surface area contributed by atoms with E-state index in [1.807, 2.05) is 0 Å².